The van der Waals surface area contributed by atoms with Gasteiger partial charge in [0.05, 0.1) is 6.04 Å². The normalized spacial score (nSPS) is 12.1. The van der Waals surface area contributed by atoms with Crippen molar-refractivity contribution in [2.45, 2.75) is 44.3 Å². The standard InChI is InChI=1S/C24H26Cl2N4OS/c1-5-11-30-22(21(15(2)3)27-23(31)17-8-6-7-16(4)12-17)28-29-24(30)32-14-18-9-10-19(25)13-20(18)26/h5-10,12-13,15,21H,1,11,14H2,2-4H3,(H,27,31). The summed E-state index contributed by atoms with van der Waals surface area (Å²) >= 11 is 13.8. The molecule has 0 aliphatic carbocycles. The summed E-state index contributed by atoms with van der Waals surface area (Å²) in [7, 11) is 0. The zero-order chi connectivity index (χ0) is 23.3. The number of hydrogen-bond acceptors (Lipinski definition) is 4. The van der Waals surface area contributed by atoms with Crippen molar-refractivity contribution in [2.24, 2.45) is 5.92 Å². The fourth-order valence-corrected chi connectivity index (χ4v) is 4.77. The van der Waals surface area contributed by atoms with Gasteiger partial charge in [0.25, 0.3) is 5.91 Å². The van der Waals surface area contributed by atoms with E-state index in [0.29, 0.717) is 33.7 Å². The van der Waals surface area contributed by atoms with Gasteiger partial charge in [0, 0.05) is 27.9 Å². The molecule has 1 N–H and O–H groups in total. The summed E-state index contributed by atoms with van der Waals surface area (Å²) in [5, 5.41) is 13.9. The third-order valence-electron chi connectivity index (χ3n) is 4.94. The van der Waals surface area contributed by atoms with Gasteiger partial charge in [0.1, 0.15) is 0 Å². The highest BCUT2D eigenvalue weighted by Crippen LogP contribution is 2.30. The van der Waals surface area contributed by atoms with Gasteiger partial charge >= 0.3 is 0 Å². The molecule has 0 aliphatic rings. The number of nitrogens with one attached hydrogen (secondary N) is 1. The Labute approximate surface area is 203 Å². The van der Waals surface area contributed by atoms with Crippen LogP contribution in [0.4, 0.5) is 0 Å². The second-order valence-electron chi connectivity index (χ2n) is 7.83. The van der Waals surface area contributed by atoms with Crippen molar-refractivity contribution in [1.82, 2.24) is 20.1 Å². The predicted octanol–water partition coefficient (Wildman–Crippen LogP) is 6.50. The monoisotopic (exact) mass is 488 g/mol. The molecular weight excluding hydrogens is 463 g/mol. The summed E-state index contributed by atoms with van der Waals surface area (Å²) in [6.07, 6.45) is 1.80. The van der Waals surface area contributed by atoms with Crippen LogP contribution in [0.3, 0.4) is 0 Å². The molecule has 0 radical (unpaired) electrons. The lowest BCUT2D eigenvalue weighted by Gasteiger charge is -2.22. The van der Waals surface area contributed by atoms with Gasteiger partial charge in [-0.3, -0.25) is 4.79 Å². The van der Waals surface area contributed by atoms with Crippen LogP contribution in [0, 0.1) is 12.8 Å². The van der Waals surface area contributed by atoms with Crippen molar-refractivity contribution < 1.29 is 4.79 Å². The molecule has 1 unspecified atom stereocenters. The number of halogens is 2. The SMILES string of the molecule is C=CCn1c(SCc2ccc(Cl)cc2Cl)nnc1C(NC(=O)c1cccc(C)c1)C(C)C. The third kappa shape index (κ3) is 5.94. The molecule has 1 amide bonds. The molecule has 5 nitrogen and oxygen atoms in total. The predicted molar refractivity (Wildman–Crippen MR) is 132 cm³/mol. The van der Waals surface area contributed by atoms with Gasteiger partial charge in [-0.2, -0.15) is 0 Å². The van der Waals surface area contributed by atoms with E-state index in [1.165, 1.54) is 11.8 Å². The topological polar surface area (TPSA) is 59.8 Å². The van der Waals surface area contributed by atoms with E-state index in [1.54, 1.807) is 12.1 Å². The van der Waals surface area contributed by atoms with Crippen LogP contribution in [0.15, 0.2) is 60.3 Å². The van der Waals surface area contributed by atoms with Gasteiger partial charge in [-0.25, -0.2) is 0 Å². The van der Waals surface area contributed by atoms with Crippen molar-refractivity contribution in [1.29, 1.82) is 0 Å². The lowest BCUT2D eigenvalue weighted by molar-refractivity contribution is 0.0922. The Morgan fingerprint density at radius 2 is 2.00 bits per heavy atom. The van der Waals surface area contributed by atoms with Crippen LogP contribution in [0.25, 0.3) is 0 Å². The molecule has 0 fully saturated rings. The first kappa shape index (κ1) is 24.4. The first-order valence-electron chi connectivity index (χ1n) is 10.3. The van der Waals surface area contributed by atoms with E-state index >= 15 is 0 Å². The molecule has 1 heterocycles. The number of amides is 1. The average molecular weight is 489 g/mol. The van der Waals surface area contributed by atoms with E-state index in [9.17, 15) is 4.79 Å². The molecule has 0 aliphatic heterocycles. The number of benzene rings is 2. The number of allylic oxidation sites excluding steroid dienone is 1. The van der Waals surface area contributed by atoms with Crippen molar-refractivity contribution in [3.63, 3.8) is 0 Å². The third-order valence-corrected chi connectivity index (χ3v) is 6.54. The van der Waals surface area contributed by atoms with Crippen LogP contribution in [0.2, 0.25) is 10.0 Å². The van der Waals surface area contributed by atoms with Crippen LogP contribution in [-0.2, 0) is 12.3 Å². The zero-order valence-electron chi connectivity index (χ0n) is 18.3. The Morgan fingerprint density at radius 3 is 2.66 bits per heavy atom. The fourth-order valence-electron chi connectivity index (χ4n) is 3.26. The van der Waals surface area contributed by atoms with Gasteiger partial charge in [0.2, 0.25) is 0 Å². The number of rotatable bonds is 9. The number of thioether (sulfide) groups is 1. The van der Waals surface area contributed by atoms with Gasteiger partial charge in [-0.1, -0.05) is 78.6 Å². The molecule has 1 aromatic heterocycles. The lowest BCUT2D eigenvalue weighted by atomic mass is 10.0. The van der Waals surface area contributed by atoms with E-state index in [4.69, 9.17) is 23.2 Å². The molecule has 1 atom stereocenters. The quantitative estimate of drug-likeness (QED) is 0.275. The Kier molecular flexibility index (Phi) is 8.40. The Bertz CT molecular complexity index is 1110. The van der Waals surface area contributed by atoms with E-state index < -0.39 is 0 Å². The highest BCUT2D eigenvalue weighted by Gasteiger charge is 2.26. The Morgan fingerprint density at radius 1 is 1.22 bits per heavy atom. The molecule has 0 bridgehead atoms. The summed E-state index contributed by atoms with van der Waals surface area (Å²) in [5.41, 5.74) is 2.62. The molecule has 168 valence electrons. The average Bonchev–Trinajstić information content (AvgIpc) is 3.13. The Hall–Kier alpha value is -2.28. The number of carbonyl (C=O) groups is 1. The molecule has 3 aromatic rings. The van der Waals surface area contributed by atoms with Crippen molar-refractivity contribution in [3.8, 4) is 0 Å². The summed E-state index contributed by atoms with van der Waals surface area (Å²) in [6, 6.07) is 12.7. The van der Waals surface area contributed by atoms with Gasteiger partial charge in [-0.15, -0.1) is 16.8 Å². The van der Waals surface area contributed by atoms with Gasteiger partial charge < -0.3 is 9.88 Å². The van der Waals surface area contributed by atoms with E-state index in [-0.39, 0.29) is 17.9 Å². The van der Waals surface area contributed by atoms with E-state index in [1.807, 2.05) is 47.9 Å². The van der Waals surface area contributed by atoms with Gasteiger partial charge in [0.15, 0.2) is 11.0 Å². The minimum atomic E-state index is -0.302. The number of carbonyl (C=O) groups excluding carboxylic acids is 1. The number of aryl methyl sites for hydroxylation is 1. The summed E-state index contributed by atoms with van der Waals surface area (Å²) < 4.78 is 1.99. The molecule has 0 saturated carbocycles. The van der Waals surface area contributed by atoms with Crippen LogP contribution in [-0.4, -0.2) is 20.7 Å². The highest BCUT2D eigenvalue weighted by atomic mass is 35.5. The second kappa shape index (κ2) is 11.0. The largest absolute Gasteiger partial charge is 0.342 e. The summed E-state index contributed by atoms with van der Waals surface area (Å²) in [4.78, 5) is 12.9. The number of hydrogen-bond donors (Lipinski definition) is 1. The van der Waals surface area contributed by atoms with Crippen molar-refractivity contribution in [3.05, 3.63) is 87.7 Å². The smallest absolute Gasteiger partial charge is 0.251 e. The van der Waals surface area contributed by atoms with Crippen LogP contribution in [0.1, 0.15) is 47.2 Å². The molecule has 0 spiro atoms. The summed E-state index contributed by atoms with van der Waals surface area (Å²) in [6.45, 7) is 10.5. The molecule has 0 saturated heterocycles. The molecule has 2 aromatic carbocycles. The highest BCUT2D eigenvalue weighted by molar-refractivity contribution is 7.98. The number of nitrogens with zero attached hydrogens (tertiary/aromatic N) is 3. The van der Waals surface area contributed by atoms with E-state index in [2.05, 4.69) is 35.9 Å². The molecular formula is C24H26Cl2N4OS. The molecule has 32 heavy (non-hydrogen) atoms. The van der Waals surface area contributed by atoms with Crippen LogP contribution >= 0.6 is 35.0 Å². The van der Waals surface area contributed by atoms with Crippen molar-refractivity contribution in [2.75, 3.05) is 0 Å². The summed E-state index contributed by atoms with van der Waals surface area (Å²) in [5.74, 6) is 1.29. The first-order valence-corrected chi connectivity index (χ1v) is 12.0. The number of aromatic nitrogens is 3. The minimum absolute atomic E-state index is 0.111. The fraction of sp³-hybridized carbons (Fsp3) is 0.292. The minimum Gasteiger partial charge on any atom is -0.342 e. The first-order chi connectivity index (χ1) is 15.3. The second-order valence-corrected chi connectivity index (χ2v) is 9.62. The molecule has 3 rings (SSSR count). The lowest BCUT2D eigenvalue weighted by Crippen LogP contribution is -2.33. The van der Waals surface area contributed by atoms with Gasteiger partial charge in [-0.05, 0) is 42.7 Å². The zero-order valence-corrected chi connectivity index (χ0v) is 20.6. The maximum absolute atomic E-state index is 12.9. The maximum Gasteiger partial charge on any atom is 0.251 e. The van der Waals surface area contributed by atoms with Crippen LogP contribution < -0.4 is 5.32 Å². The van der Waals surface area contributed by atoms with Crippen LogP contribution in [0.5, 0.6) is 0 Å². The van der Waals surface area contributed by atoms with Crippen molar-refractivity contribution >= 4 is 40.9 Å². The van der Waals surface area contributed by atoms with E-state index in [0.717, 1.165) is 16.3 Å². The Balaban J connectivity index is 1.85. The molecule has 8 heteroatoms. The maximum atomic E-state index is 12.9.